The number of amides is 2. The van der Waals surface area contributed by atoms with E-state index in [9.17, 15) is 29.4 Å². The third-order valence-electron chi connectivity index (χ3n) is 4.58. The van der Waals surface area contributed by atoms with Gasteiger partial charge in [0.2, 0.25) is 11.8 Å². The van der Waals surface area contributed by atoms with Crippen molar-refractivity contribution in [2.45, 2.75) is 56.7 Å². The molecular formula is C20H30N4O7. The zero-order chi connectivity index (χ0) is 23.4. The SMILES string of the molecule is NCCCC[C@H](N)C(=O)N[C@@H](CCC(=O)O)C(=O)N[C@@H](Cc1ccc(O)cc1)C(=O)O. The second kappa shape index (κ2) is 13.2. The first-order valence-electron chi connectivity index (χ1n) is 9.93. The van der Waals surface area contributed by atoms with Crippen LogP contribution in [0.4, 0.5) is 0 Å². The molecule has 9 N–H and O–H groups in total. The van der Waals surface area contributed by atoms with Gasteiger partial charge in [0, 0.05) is 12.8 Å². The van der Waals surface area contributed by atoms with Crippen LogP contribution in [0.3, 0.4) is 0 Å². The fourth-order valence-electron chi connectivity index (χ4n) is 2.80. The number of hydrogen-bond acceptors (Lipinski definition) is 7. The predicted octanol–water partition coefficient (Wildman–Crippen LogP) is -0.690. The van der Waals surface area contributed by atoms with Crippen LogP contribution in [0, 0.1) is 0 Å². The molecule has 172 valence electrons. The van der Waals surface area contributed by atoms with E-state index in [0.717, 1.165) is 0 Å². The van der Waals surface area contributed by atoms with Crippen molar-refractivity contribution < 1.29 is 34.5 Å². The zero-order valence-corrected chi connectivity index (χ0v) is 17.1. The Hall–Kier alpha value is -3.18. The lowest BCUT2D eigenvalue weighted by atomic mass is 10.0. The molecule has 0 fully saturated rings. The molecule has 3 atom stereocenters. The van der Waals surface area contributed by atoms with E-state index < -0.39 is 48.3 Å². The Balaban J connectivity index is 2.83. The van der Waals surface area contributed by atoms with Gasteiger partial charge in [0.1, 0.15) is 17.8 Å². The number of carbonyl (C=O) groups is 4. The summed E-state index contributed by atoms with van der Waals surface area (Å²) in [7, 11) is 0. The molecule has 0 aliphatic carbocycles. The number of rotatable bonds is 14. The Morgan fingerprint density at radius 2 is 1.52 bits per heavy atom. The van der Waals surface area contributed by atoms with Gasteiger partial charge in [0.05, 0.1) is 6.04 Å². The molecule has 0 aliphatic rings. The zero-order valence-electron chi connectivity index (χ0n) is 17.1. The highest BCUT2D eigenvalue weighted by Crippen LogP contribution is 2.12. The number of carboxylic acids is 2. The molecule has 11 heteroatoms. The molecule has 0 saturated carbocycles. The summed E-state index contributed by atoms with van der Waals surface area (Å²) in [5.74, 6) is -3.91. The molecule has 0 aliphatic heterocycles. The van der Waals surface area contributed by atoms with Crippen molar-refractivity contribution >= 4 is 23.8 Å². The summed E-state index contributed by atoms with van der Waals surface area (Å²) in [4.78, 5) is 47.5. The number of carboxylic acid groups (broad SMARTS) is 2. The van der Waals surface area contributed by atoms with Crippen LogP contribution >= 0.6 is 0 Å². The number of nitrogens with two attached hydrogens (primary N) is 2. The summed E-state index contributed by atoms with van der Waals surface area (Å²) < 4.78 is 0. The molecule has 2 amide bonds. The number of nitrogens with one attached hydrogen (secondary N) is 2. The van der Waals surface area contributed by atoms with E-state index in [4.69, 9.17) is 16.6 Å². The average molecular weight is 438 g/mol. The van der Waals surface area contributed by atoms with E-state index in [2.05, 4.69) is 10.6 Å². The summed E-state index contributed by atoms with van der Waals surface area (Å²) in [5.41, 5.74) is 11.8. The van der Waals surface area contributed by atoms with Crippen molar-refractivity contribution in [3.05, 3.63) is 29.8 Å². The number of aromatic hydroxyl groups is 1. The third-order valence-corrected chi connectivity index (χ3v) is 4.58. The molecule has 11 nitrogen and oxygen atoms in total. The quantitative estimate of drug-likeness (QED) is 0.183. The van der Waals surface area contributed by atoms with Crippen LogP contribution in [0.5, 0.6) is 5.75 Å². The lowest BCUT2D eigenvalue weighted by Gasteiger charge is -2.22. The van der Waals surface area contributed by atoms with Gasteiger partial charge < -0.3 is 37.4 Å². The summed E-state index contributed by atoms with van der Waals surface area (Å²) >= 11 is 0. The maximum atomic E-state index is 12.7. The number of benzene rings is 1. The molecule has 0 aromatic heterocycles. The van der Waals surface area contributed by atoms with Crippen molar-refractivity contribution in [3.63, 3.8) is 0 Å². The van der Waals surface area contributed by atoms with Gasteiger partial charge in [-0.05, 0) is 43.5 Å². The molecule has 0 unspecified atom stereocenters. The monoisotopic (exact) mass is 438 g/mol. The standard InChI is InChI=1S/C20H30N4O7/c21-10-2-1-3-14(22)18(28)23-15(8-9-17(26)27)19(29)24-16(20(30)31)11-12-4-6-13(25)7-5-12/h4-7,14-16,25H,1-3,8-11,21-22H2,(H,23,28)(H,24,29)(H,26,27)(H,30,31)/t14-,15-,16-/m0/s1. The van der Waals surface area contributed by atoms with Crippen LogP contribution in [0.15, 0.2) is 24.3 Å². The van der Waals surface area contributed by atoms with Crippen molar-refractivity contribution in [2.75, 3.05) is 6.54 Å². The van der Waals surface area contributed by atoms with Gasteiger partial charge in [0.25, 0.3) is 0 Å². The average Bonchev–Trinajstić information content (AvgIpc) is 2.71. The van der Waals surface area contributed by atoms with E-state index in [0.29, 0.717) is 31.4 Å². The summed E-state index contributed by atoms with van der Waals surface area (Å²) in [6.07, 6.45) is 0.936. The smallest absolute Gasteiger partial charge is 0.326 e. The minimum absolute atomic E-state index is 0.0129. The number of aliphatic carboxylic acids is 2. The van der Waals surface area contributed by atoms with Gasteiger partial charge in [-0.2, -0.15) is 0 Å². The van der Waals surface area contributed by atoms with E-state index in [-0.39, 0.29) is 18.6 Å². The van der Waals surface area contributed by atoms with Crippen LogP contribution in [-0.4, -0.2) is 63.7 Å². The molecule has 0 spiro atoms. The minimum atomic E-state index is -1.32. The maximum absolute atomic E-state index is 12.7. The van der Waals surface area contributed by atoms with Gasteiger partial charge >= 0.3 is 11.9 Å². The van der Waals surface area contributed by atoms with Gasteiger partial charge in [-0.3, -0.25) is 14.4 Å². The van der Waals surface area contributed by atoms with Crippen molar-refractivity contribution in [1.29, 1.82) is 0 Å². The Kier molecular flexibility index (Phi) is 11.0. The first kappa shape index (κ1) is 25.9. The molecule has 1 rings (SSSR count). The van der Waals surface area contributed by atoms with Crippen molar-refractivity contribution in [1.82, 2.24) is 10.6 Å². The Morgan fingerprint density at radius 1 is 0.903 bits per heavy atom. The molecule has 1 aromatic carbocycles. The fraction of sp³-hybridized carbons (Fsp3) is 0.500. The number of phenols is 1. The summed E-state index contributed by atoms with van der Waals surface area (Å²) in [6, 6.07) is 2.32. The second-order valence-electron chi connectivity index (χ2n) is 7.15. The number of phenolic OH excluding ortho intramolecular Hbond substituents is 1. The molecule has 31 heavy (non-hydrogen) atoms. The van der Waals surface area contributed by atoms with Crippen molar-refractivity contribution in [3.8, 4) is 5.75 Å². The van der Waals surface area contributed by atoms with Gasteiger partial charge in [0.15, 0.2) is 0 Å². The molecule has 0 saturated heterocycles. The fourth-order valence-corrected chi connectivity index (χ4v) is 2.80. The summed E-state index contributed by atoms with van der Waals surface area (Å²) in [6.45, 7) is 0.454. The summed E-state index contributed by atoms with van der Waals surface area (Å²) in [5, 5.41) is 32.5. The first-order chi connectivity index (χ1) is 14.6. The normalized spacial score (nSPS) is 13.6. The Morgan fingerprint density at radius 3 is 2.06 bits per heavy atom. The lowest BCUT2D eigenvalue weighted by Crippen LogP contribution is -2.55. The van der Waals surface area contributed by atoms with Crippen LogP contribution in [-0.2, 0) is 25.6 Å². The maximum Gasteiger partial charge on any atom is 0.326 e. The molecule has 0 radical (unpaired) electrons. The highest BCUT2D eigenvalue weighted by atomic mass is 16.4. The molecule has 0 heterocycles. The van der Waals surface area contributed by atoms with Gasteiger partial charge in [-0.25, -0.2) is 4.79 Å². The van der Waals surface area contributed by atoms with Crippen LogP contribution in [0.2, 0.25) is 0 Å². The van der Waals surface area contributed by atoms with Crippen LogP contribution < -0.4 is 22.1 Å². The number of unbranched alkanes of at least 4 members (excludes halogenated alkanes) is 1. The van der Waals surface area contributed by atoms with Crippen LogP contribution in [0.25, 0.3) is 0 Å². The molecule has 1 aromatic rings. The Bertz CT molecular complexity index is 754. The third kappa shape index (κ3) is 9.92. The second-order valence-corrected chi connectivity index (χ2v) is 7.15. The predicted molar refractivity (Wildman–Crippen MR) is 111 cm³/mol. The molecule has 0 bridgehead atoms. The van der Waals surface area contributed by atoms with Crippen molar-refractivity contribution in [2.24, 2.45) is 11.5 Å². The number of hydrogen-bond donors (Lipinski definition) is 7. The molecular weight excluding hydrogens is 408 g/mol. The minimum Gasteiger partial charge on any atom is -0.508 e. The Labute approximate surface area is 179 Å². The van der Waals surface area contributed by atoms with Gasteiger partial charge in [-0.1, -0.05) is 18.6 Å². The number of carbonyl (C=O) groups excluding carboxylic acids is 2. The van der Waals surface area contributed by atoms with E-state index in [1.54, 1.807) is 0 Å². The van der Waals surface area contributed by atoms with Gasteiger partial charge in [-0.15, -0.1) is 0 Å². The first-order valence-corrected chi connectivity index (χ1v) is 9.93. The van der Waals surface area contributed by atoms with E-state index in [1.807, 2.05) is 0 Å². The van der Waals surface area contributed by atoms with E-state index in [1.165, 1.54) is 24.3 Å². The highest BCUT2D eigenvalue weighted by molar-refractivity contribution is 5.92. The van der Waals surface area contributed by atoms with E-state index >= 15 is 0 Å². The lowest BCUT2D eigenvalue weighted by molar-refractivity contribution is -0.143. The largest absolute Gasteiger partial charge is 0.508 e. The van der Waals surface area contributed by atoms with Crippen LogP contribution in [0.1, 0.15) is 37.7 Å². The topological polar surface area (TPSA) is 205 Å². The highest BCUT2D eigenvalue weighted by Gasteiger charge is 2.28.